The lowest BCUT2D eigenvalue weighted by molar-refractivity contribution is -0.143. The number of carbonyl (C=O) groups is 2. The maximum atomic E-state index is 12.9. The molecular weight excluding hydrogens is 342 g/mol. The average molecular weight is 369 g/mol. The van der Waals surface area contributed by atoms with Crippen molar-refractivity contribution in [2.24, 2.45) is 5.41 Å². The van der Waals surface area contributed by atoms with Gasteiger partial charge in [-0.1, -0.05) is 19.3 Å². The molecule has 2 fully saturated rings. The topological polar surface area (TPSA) is 75.4 Å². The molecule has 6 nitrogen and oxygen atoms in total. The van der Waals surface area contributed by atoms with Crippen molar-refractivity contribution in [3.8, 4) is 0 Å². The van der Waals surface area contributed by atoms with E-state index in [-0.39, 0.29) is 18.4 Å². The van der Waals surface area contributed by atoms with E-state index in [9.17, 15) is 14.7 Å². The van der Waals surface area contributed by atoms with Gasteiger partial charge in [0.05, 0.1) is 42.0 Å². The number of aliphatic hydroxyl groups is 1. The van der Waals surface area contributed by atoms with Crippen LogP contribution in [0.5, 0.6) is 0 Å². The molecule has 2 amide bonds. The van der Waals surface area contributed by atoms with Crippen LogP contribution in [0.25, 0.3) is 11.0 Å². The molecule has 1 N–H and O–H groups in total. The number of imidazole rings is 1. The summed E-state index contributed by atoms with van der Waals surface area (Å²) in [4.78, 5) is 31.1. The first kappa shape index (κ1) is 18.2. The van der Waals surface area contributed by atoms with Crippen molar-refractivity contribution >= 4 is 22.8 Å². The third-order valence-corrected chi connectivity index (χ3v) is 6.34. The predicted octanol–water partition coefficient (Wildman–Crippen LogP) is 2.72. The number of aryl methyl sites for hydroxylation is 2. The Labute approximate surface area is 159 Å². The zero-order chi connectivity index (χ0) is 19.2. The van der Waals surface area contributed by atoms with Gasteiger partial charge in [0.2, 0.25) is 11.8 Å². The van der Waals surface area contributed by atoms with Crippen LogP contribution in [0.3, 0.4) is 0 Å². The van der Waals surface area contributed by atoms with E-state index in [0.717, 1.165) is 43.1 Å². The van der Waals surface area contributed by atoms with Gasteiger partial charge in [0.25, 0.3) is 0 Å². The minimum Gasteiger partial charge on any atom is -0.389 e. The fourth-order valence-electron chi connectivity index (χ4n) is 4.62. The quantitative estimate of drug-likeness (QED) is 0.841. The van der Waals surface area contributed by atoms with Crippen molar-refractivity contribution in [2.75, 3.05) is 6.54 Å². The molecule has 1 spiro atoms. The lowest BCUT2D eigenvalue weighted by atomic mass is 9.73. The van der Waals surface area contributed by atoms with Gasteiger partial charge in [-0.05, 0) is 49.9 Å². The molecule has 0 unspecified atom stereocenters. The van der Waals surface area contributed by atoms with E-state index in [2.05, 4.69) is 11.1 Å². The first-order chi connectivity index (χ1) is 12.9. The molecule has 2 aromatic rings. The molecule has 0 radical (unpaired) electrons. The molecule has 1 atom stereocenters. The molecule has 1 aromatic carbocycles. The average Bonchev–Trinajstić information content (AvgIpc) is 3.10. The van der Waals surface area contributed by atoms with Crippen LogP contribution in [0.2, 0.25) is 0 Å². The number of fused-ring (bicyclic) bond motifs is 1. The highest BCUT2D eigenvalue weighted by molar-refractivity contribution is 6.06. The van der Waals surface area contributed by atoms with Crippen LogP contribution in [-0.4, -0.2) is 44.0 Å². The second-order valence-electron chi connectivity index (χ2n) is 8.30. The van der Waals surface area contributed by atoms with Crippen molar-refractivity contribution < 1.29 is 14.7 Å². The minimum absolute atomic E-state index is 0.0595. The molecule has 1 aromatic heterocycles. The lowest BCUT2D eigenvalue weighted by Gasteiger charge is -2.30. The Morgan fingerprint density at radius 3 is 2.56 bits per heavy atom. The van der Waals surface area contributed by atoms with Crippen LogP contribution in [0.15, 0.2) is 18.5 Å². The zero-order valence-corrected chi connectivity index (χ0v) is 16.1. The Kier molecular flexibility index (Phi) is 4.54. The fourth-order valence-corrected chi connectivity index (χ4v) is 4.62. The standard InChI is InChI=1S/C21H27N3O3/c1-14-8-17-18(9-15(14)2)23(13-22-17)11-16(25)12-24-19(26)10-21(20(24)27)6-4-3-5-7-21/h8-9,13,16,25H,3-7,10-12H2,1-2H3/t16-/m0/s1. The van der Waals surface area contributed by atoms with Gasteiger partial charge < -0.3 is 9.67 Å². The third kappa shape index (κ3) is 3.16. The number of aliphatic hydroxyl groups excluding tert-OH is 1. The van der Waals surface area contributed by atoms with Gasteiger partial charge in [-0.3, -0.25) is 14.5 Å². The number of nitrogens with zero attached hydrogens (tertiary/aromatic N) is 3. The lowest BCUT2D eigenvalue weighted by Crippen LogP contribution is -2.41. The molecule has 2 heterocycles. The van der Waals surface area contributed by atoms with Crippen LogP contribution in [0.4, 0.5) is 0 Å². The van der Waals surface area contributed by atoms with E-state index < -0.39 is 11.5 Å². The second-order valence-corrected chi connectivity index (χ2v) is 8.30. The fraction of sp³-hybridized carbons (Fsp3) is 0.571. The minimum atomic E-state index is -0.810. The van der Waals surface area contributed by atoms with Crippen molar-refractivity contribution in [1.29, 1.82) is 0 Å². The summed E-state index contributed by atoms with van der Waals surface area (Å²) in [5.41, 5.74) is 3.70. The Hall–Kier alpha value is -2.21. The summed E-state index contributed by atoms with van der Waals surface area (Å²) in [5.74, 6) is -0.212. The number of rotatable bonds is 4. The van der Waals surface area contributed by atoms with Crippen molar-refractivity contribution in [1.82, 2.24) is 14.5 Å². The highest BCUT2D eigenvalue weighted by atomic mass is 16.3. The summed E-state index contributed by atoms with van der Waals surface area (Å²) in [7, 11) is 0. The van der Waals surface area contributed by atoms with Gasteiger partial charge in [0.1, 0.15) is 0 Å². The van der Waals surface area contributed by atoms with E-state index in [1.165, 1.54) is 16.0 Å². The van der Waals surface area contributed by atoms with Gasteiger partial charge >= 0.3 is 0 Å². The molecule has 1 saturated heterocycles. The smallest absolute Gasteiger partial charge is 0.235 e. The maximum absolute atomic E-state index is 12.9. The zero-order valence-electron chi connectivity index (χ0n) is 16.1. The number of benzene rings is 1. The third-order valence-electron chi connectivity index (χ3n) is 6.34. The molecule has 2 aliphatic rings. The van der Waals surface area contributed by atoms with Gasteiger partial charge in [-0.25, -0.2) is 4.98 Å². The second kappa shape index (κ2) is 6.75. The molecule has 0 bridgehead atoms. The van der Waals surface area contributed by atoms with Crippen LogP contribution >= 0.6 is 0 Å². The predicted molar refractivity (Wildman–Crippen MR) is 102 cm³/mol. The van der Waals surface area contributed by atoms with Crippen LogP contribution in [0, 0.1) is 19.3 Å². The van der Waals surface area contributed by atoms with Crippen molar-refractivity contribution in [2.45, 2.75) is 65.0 Å². The Morgan fingerprint density at radius 1 is 1.11 bits per heavy atom. The van der Waals surface area contributed by atoms with E-state index in [1.54, 1.807) is 6.33 Å². The molecule has 144 valence electrons. The van der Waals surface area contributed by atoms with E-state index >= 15 is 0 Å². The van der Waals surface area contributed by atoms with Gasteiger partial charge in [-0.2, -0.15) is 0 Å². The molecule has 1 aliphatic carbocycles. The first-order valence-electron chi connectivity index (χ1n) is 9.85. The molecule has 1 aliphatic heterocycles. The molecule has 6 heteroatoms. The highest BCUT2D eigenvalue weighted by Gasteiger charge is 2.51. The molecule has 27 heavy (non-hydrogen) atoms. The number of hydrogen-bond acceptors (Lipinski definition) is 4. The summed E-state index contributed by atoms with van der Waals surface area (Å²) in [5, 5.41) is 10.6. The molecular formula is C21H27N3O3. The summed E-state index contributed by atoms with van der Waals surface area (Å²) in [6.45, 7) is 4.47. The molecule has 1 saturated carbocycles. The van der Waals surface area contributed by atoms with Crippen LogP contribution in [-0.2, 0) is 16.1 Å². The molecule has 4 rings (SSSR count). The van der Waals surface area contributed by atoms with E-state index in [0.29, 0.717) is 13.0 Å². The Bertz CT molecular complexity index is 895. The van der Waals surface area contributed by atoms with Crippen LogP contribution in [0.1, 0.15) is 49.7 Å². The monoisotopic (exact) mass is 369 g/mol. The van der Waals surface area contributed by atoms with E-state index in [1.807, 2.05) is 24.5 Å². The SMILES string of the molecule is Cc1cc2ncn(C[C@H](O)CN3C(=O)CC4(CCCCC4)C3=O)c2cc1C. The first-order valence-corrected chi connectivity index (χ1v) is 9.85. The summed E-state index contributed by atoms with van der Waals surface area (Å²) < 4.78 is 1.90. The Morgan fingerprint density at radius 2 is 1.81 bits per heavy atom. The number of amides is 2. The van der Waals surface area contributed by atoms with Crippen LogP contribution < -0.4 is 0 Å². The largest absolute Gasteiger partial charge is 0.389 e. The maximum Gasteiger partial charge on any atom is 0.235 e. The van der Waals surface area contributed by atoms with E-state index in [4.69, 9.17) is 0 Å². The summed E-state index contributed by atoms with van der Waals surface area (Å²) in [6.07, 6.45) is 5.97. The highest BCUT2D eigenvalue weighted by Crippen LogP contribution is 2.45. The summed E-state index contributed by atoms with van der Waals surface area (Å²) in [6, 6.07) is 4.10. The number of β-amino-alcohol motifs (C(OH)–C–C–N with tert-alkyl or cyclic N) is 1. The number of likely N-dealkylation sites (tertiary alicyclic amines) is 1. The number of aromatic nitrogens is 2. The number of carbonyl (C=O) groups excluding carboxylic acids is 2. The number of hydrogen-bond donors (Lipinski definition) is 1. The van der Waals surface area contributed by atoms with Gasteiger partial charge in [0, 0.05) is 6.42 Å². The normalized spacial score (nSPS) is 20.8. The summed E-state index contributed by atoms with van der Waals surface area (Å²) >= 11 is 0. The van der Waals surface area contributed by atoms with Crippen molar-refractivity contribution in [3.05, 3.63) is 29.6 Å². The number of imide groups is 1. The van der Waals surface area contributed by atoms with Crippen molar-refractivity contribution in [3.63, 3.8) is 0 Å². The van der Waals surface area contributed by atoms with Gasteiger partial charge in [-0.15, -0.1) is 0 Å². The van der Waals surface area contributed by atoms with Gasteiger partial charge in [0.15, 0.2) is 0 Å². The Balaban J connectivity index is 1.48.